The van der Waals surface area contributed by atoms with E-state index in [-0.39, 0.29) is 6.04 Å². The zero-order valence-electron chi connectivity index (χ0n) is 15.3. The van der Waals surface area contributed by atoms with Gasteiger partial charge in [0.25, 0.3) is 0 Å². The van der Waals surface area contributed by atoms with Crippen LogP contribution in [0.4, 0.5) is 5.82 Å². The molecule has 3 aromatic rings. The number of hydrogen-bond acceptors (Lipinski definition) is 2. The average molecular weight is 362 g/mol. The average Bonchev–Trinajstić information content (AvgIpc) is 2.61. The molecule has 1 unspecified atom stereocenters. The summed E-state index contributed by atoms with van der Waals surface area (Å²) in [6.07, 6.45) is 0. The second-order valence-electron chi connectivity index (χ2n) is 6.47. The van der Waals surface area contributed by atoms with Crippen molar-refractivity contribution in [1.82, 2.24) is 10.3 Å². The minimum Gasteiger partial charge on any atom is -0.351 e. The van der Waals surface area contributed by atoms with Crippen molar-refractivity contribution in [2.45, 2.75) is 26.8 Å². The fourth-order valence-corrected chi connectivity index (χ4v) is 3.25. The van der Waals surface area contributed by atoms with Crippen molar-refractivity contribution < 1.29 is 0 Å². The molecule has 0 radical (unpaired) electrons. The third-order valence-electron chi connectivity index (χ3n) is 4.27. The van der Waals surface area contributed by atoms with E-state index in [1.165, 1.54) is 22.3 Å². The Bertz CT molecular complexity index is 906. The normalized spacial score (nSPS) is 11.7. The van der Waals surface area contributed by atoms with Crippen LogP contribution in [0.1, 0.15) is 34.0 Å². The van der Waals surface area contributed by atoms with Crippen LogP contribution >= 0.6 is 12.2 Å². The predicted octanol–water partition coefficient (Wildman–Crippen LogP) is 5.08. The summed E-state index contributed by atoms with van der Waals surface area (Å²) in [4.78, 5) is 4.46. The third kappa shape index (κ3) is 4.46. The maximum Gasteiger partial charge on any atom is 0.172 e. The monoisotopic (exact) mass is 361 g/mol. The number of nitrogens with zero attached hydrogens (tertiary/aromatic N) is 1. The Kier molecular flexibility index (Phi) is 5.64. The van der Waals surface area contributed by atoms with Crippen molar-refractivity contribution in [3.05, 3.63) is 94.7 Å². The summed E-state index contributed by atoms with van der Waals surface area (Å²) in [5.41, 5.74) is 5.82. The van der Waals surface area contributed by atoms with E-state index >= 15 is 0 Å². The number of aromatic nitrogens is 1. The third-order valence-corrected chi connectivity index (χ3v) is 4.49. The number of aryl methyl sites for hydroxylation is 3. The van der Waals surface area contributed by atoms with Crippen LogP contribution in [-0.4, -0.2) is 10.1 Å². The van der Waals surface area contributed by atoms with Crippen LogP contribution in [0.25, 0.3) is 0 Å². The number of rotatable bonds is 4. The molecule has 2 N–H and O–H groups in total. The highest BCUT2D eigenvalue weighted by Crippen LogP contribution is 2.26. The van der Waals surface area contributed by atoms with Crippen LogP contribution in [0.5, 0.6) is 0 Å². The molecular weight excluding hydrogens is 338 g/mol. The summed E-state index contributed by atoms with van der Waals surface area (Å²) in [6.45, 7) is 6.21. The molecule has 2 aromatic carbocycles. The van der Waals surface area contributed by atoms with Crippen molar-refractivity contribution in [2.24, 2.45) is 0 Å². The molecule has 132 valence electrons. The highest BCUT2D eigenvalue weighted by molar-refractivity contribution is 7.80. The first kappa shape index (κ1) is 18.1. The van der Waals surface area contributed by atoms with Gasteiger partial charge in [0.05, 0.1) is 6.04 Å². The molecule has 0 saturated carbocycles. The fraction of sp³-hybridized carbons (Fsp3) is 0.182. The Morgan fingerprint density at radius 2 is 1.69 bits per heavy atom. The molecule has 0 aliphatic carbocycles. The van der Waals surface area contributed by atoms with Crippen LogP contribution in [0.2, 0.25) is 0 Å². The Labute approximate surface area is 160 Å². The van der Waals surface area contributed by atoms with Crippen LogP contribution in [0.15, 0.2) is 66.7 Å². The van der Waals surface area contributed by atoms with Crippen LogP contribution in [-0.2, 0) is 0 Å². The van der Waals surface area contributed by atoms with Gasteiger partial charge in [0, 0.05) is 5.69 Å². The topological polar surface area (TPSA) is 37.0 Å². The first-order valence-corrected chi connectivity index (χ1v) is 9.07. The van der Waals surface area contributed by atoms with Gasteiger partial charge in [-0.1, -0.05) is 60.2 Å². The quantitative estimate of drug-likeness (QED) is 0.635. The van der Waals surface area contributed by atoms with Crippen LogP contribution in [0.3, 0.4) is 0 Å². The number of nitrogens with one attached hydrogen (secondary N) is 2. The van der Waals surface area contributed by atoms with E-state index in [9.17, 15) is 0 Å². The van der Waals surface area contributed by atoms with Crippen LogP contribution < -0.4 is 10.6 Å². The molecule has 4 heteroatoms. The van der Waals surface area contributed by atoms with Crippen molar-refractivity contribution in [3.63, 3.8) is 0 Å². The standard InChI is InChI=1S/C22H23N3S/c1-15-12-13-19(16(2)14-15)21(18-9-5-4-6-10-18)25-22(26)24-20-11-7-8-17(3)23-20/h4-14,21H,1-3H3,(H2,23,24,25,26). The Hall–Kier alpha value is -2.72. The number of thiocarbonyl (C=S) groups is 1. The maximum atomic E-state index is 5.56. The van der Waals surface area contributed by atoms with Gasteiger partial charge >= 0.3 is 0 Å². The summed E-state index contributed by atoms with van der Waals surface area (Å²) in [7, 11) is 0. The summed E-state index contributed by atoms with van der Waals surface area (Å²) in [5.74, 6) is 0.745. The lowest BCUT2D eigenvalue weighted by Crippen LogP contribution is -2.33. The molecule has 0 saturated heterocycles. The predicted molar refractivity (Wildman–Crippen MR) is 113 cm³/mol. The molecule has 0 aliphatic heterocycles. The second kappa shape index (κ2) is 8.11. The molecule has 0 amide bonds. The van der Waals surface area contributed by atoms with Crippen molar-refractivity contribution in [3.8, 4) is 0 Å². The minimum absolute atomic E-state index is 0.0263. The van der Waals surface area contributed by atoms with Gasteiger partial charge in [0.1, 0.15) is 5.82 Å². The first-order chi connectivity index (χ1) is 12.5. The fourth-order valence-electron chi connectivity index (χ4n) is 3.03. The minimum atomic E-state index is -0.0263. The van der Waals surface area contributed by atoms with E-state index < -0.39 is 0 Å². The van der Waals surface area contributed by atoms with E-state index in [0.29, 0.717) is 5.11 Å². The zero-order chi connectivity index (χ0) is 18.5. The largest absolute Gasteiger partial charge is 0.351 e. The Morgan fingerprint density at radius 3 is 2.38 bits per heavy atom. The molecule has 26 heavy (non-hydrogen) atoms. The van der Waals surface area contributed by atoms with Crippen molar-refractivity contribution >= 4 is 23.1 Å². The molecule has 1 aromatic heterocycles. The molecule has 0 bridgehead atoms. The Balaban J connectivity index is 1.87. The number of hydrogen-bond donors (Lipinski definition) is 2. The zero-order valence-corrected chi connectivity index (χ0v) is 16.1. The van der Waals surface area contributed by atoms with Gasteiger partial charge in [-0.15, -0.1) is 0 Å². The molecule has 0 aliphatic rings. The van der Waals surface area contributed by atoms with Crippen molar-refractivity contribution in [1.29, 1.82) is 0 Å². The number of pyridine rings is 1. The van der Waals surface area contributed by atoms with Gasteiger partial charge in [-0.05, 0) is 61.8 Å². The summed E-state index contributed by atoms with van der Waals surface area (Å²) >= 11 is 5.56. The Morgan fingerprint density at radius 1 is 0.923 bits per heavy atom. The van der Waals surface area contributed by atoms with Gasteiger partial charge in [0.15, 0.2) is 5.11 Å². The highest BCUT2D eigenvalue weighted by Gasteiger charge is 2.17. The molecular formula is C22H23N3S. The van der Waals surface area contributed by atoms with E-state index in [2.05, 4.69) is 59.8 Å². The molecule has 1 heterocycles. The maximum absolute atomic E-state index is 5.56. The molecule has 3 rings (SSSR count). The van der Waals surface area contributed by atoms with E-state index in [1.807, 2.05) is 43.3 Å². The van der Waals surface area contributed by atoms with Crippen LogP contribution in [0, 0.1) is 20.8 Å². The first-order valence-electron chi connectivity index (χ1n) is 8.66. The summed E-state index contributed by atoms with van der Waals surface area (Å²) in [6, 6.07) is 22.7. The van der Waals surface area contributed by atoms with Gasteiger partial charge in [-0.25, -0.2) is 4.98 Å². The number of benzene rings is 2. The lowest BCUT2D eigenvalue weighted by Gasteiger charge is -2.23. The van der Waals surface area contributed by atoms with Gasteiger partial charge in [-0.2, -0.15) is 0 Å². The molecule has 1 atom stereocenters. The molecule has 0 spiro atoms. The van der Waals surface area contributed by atoms with Gasteiger partial charge in [-0.3, -0.25) is 0 Å². The lowest BCUT2D eigenvalue weighted by atomic mass is 9.94. The summed E-state index contributed by atoms with van der Waals surface area (Å²) in [5, 5.41) is 7.20. The molecule has 0 fully saturated rings. The van der Waals surface area contributed by atoms with E-state index in [1.54, 1.807) is 0 Å². The number of anilines is 1. The SMILES string of the molecule is Cc1ccc(C(NC(=S)Nc2cccc(C)n2)c2ccccc2)c(C)c1. The summed E-state index contributed by atoms with van der Waals surface area (Å²) < 4.78 is 0. The lowest BCUT2D eigenvalue weighted by molar-refractivity contribution is 0.761. The van der Waals surface area contributed by atoms with Crippen molar-refractivity contribution in [2.75, 3.05) is 5.32 Å². The van der Waals surface area contributed by atoms with E-state index in [4.69, 9.17) is 12.2 Å². The smallest absolute Gasteiger partial charge is 0.172 e. The second-order valence-corrected chi connectivity index (χ2v) is 6.87. The highest BCUT2D eigenvalue weighted by atomic mass is 32.1. The molecule has 3 nitrogen and oxygen atoms in total. The van der Waals surface area contributed by atoms with Gasteiger partial charge < -0.3 is 10.6 Å². The van der Waals surface area contributed by atoms with E-state index in [0.717, 1.165) is 11.5 Å². The van der Waals surface area contributed by atoms with Gasteiger partial charge in [0.2, 0.25) is 0 Å².